The first-order chi connectivity index (χ1) is 19.1. The van der Waals surface area contributed by atoms with Gasteiger partial charge in [-0.25, -0.2) is 4.98 Å². The van der Waals surface area contributed by atoms with Crippen LogP contribution in [-0.4, -0.2) is 32.2 Å². The second-order valence-corrected chi connectivity index (χ2v) is 10.0. The quantitative estimate of drug-likeness (QED) is 0.137. The summed E-state index contributed by atoms with van der Waals surface area (Å²) >= 11 is 0. The van der Waals surface area contributed by atoms with Gasteiger partial charge in [0, 0.05) is 79.3 Å². The van der Waals surface area contributed by atoms with E-state index in [4.69, 9.17) is 4.98 Å². The number of nitrogens with zero attached hydrogens (tertiary/aromatic N) is 4. The van der Waals surface area contributed by atoms with E-state index in [-0.39, 0.29) is 0 Å². The average molecular weight is 513 g/mol. The first kappa shape index (κ1) is 24.7. The number of hydrogen-bond acceptors (Lipinski definition) is 4. The van der Waals surface area contributed by atoms with Crippen LogP contribution in [0.5, 0.6) is 0 Å². The fraction of sp³-hybridized carbons (Fsp3) is 0.176. The second kappa shape index (κ2) is 10.3. The van der Waals surface area contributed by atoms with Crippen LogP contribution in [0.1, 0.15) is 13.8 Å². The summed E-state index contributed by atoms with van der Waals surface area (Å²) in [5, 5.41) is 5.98. The molecule has 0 aliphatic rings. The molecule has 6 aromatic rings. The monoisotopic (exact) mass is 512 g/mol. The molecule has 0 bridgehead atoms. The van der Waals surface area contributed by atoms with Crippen molar-refractivity contribution >= 4 is 55.6 Å². The molecule has 0 spiro atoms. The maximum Gasteiger partial charge on any atom is 0.240 e. The fourth-order valence-electron chi connectivity index (χ4n) is 5.41. The fourth-order valence-corrected chi connectivity index (χ4v) is 5.41. The zero-order valence-electron chi connectivity index (χ0n) is 23.0. The smallest absolute Gasteiger partial charge is 0.240 e. The van der Waals surface area contributed by atoms with E-state index < -0.39 is 0 Å². The molecular formula is C34H34N5+. The van der Waals surface area contributed by atoms with E-state index in [0.717, 1.165) is 63.0 Å². The van der Waals surface area contributed by atoms with Gasteiger partial charge in [0.1, 0.15) is 11.0 Å². The predicted molar refractivity (Wildman–Crippen MR) is 166 cm³/mol. The standard InChI is InChI=1S/C34H33N5/c1-5-38(6-2)27-20-21-30-32(22-27)39(26-12-8-7-9-13-26)33-23-31(28-14-10-11-15-29(28)34(33)36-30)35-24-16-18-25(19-17-24)37(3)4/h7-23H,5-6H2,1-4H3/p+1. The summed E-state index contributed by atoms with van der Waals surface area (Å²) in [6.45, 7) is 6.32. The van der Waals surface area contributed by atoms with Crippen LogP contribution in [0.3, 0.4) is 0 Å². The highest BCUT2D eigenvalue weighted by atomic mass is 15.1. The summed E-state index contributed by atoms with van der Waals surface area (Å²) in [7, 11) is 4.12. The largest absolute Gasteiger partial charge is 0.378 e. The summed E-state index contributed by atoms with van der Waals surface area (Å²) in [4.78, 5) is 9.74. The second-order valence-electron chi connectivity index (χ2n) is 10.0. The molecule has 0 saturated carbocycles. The van der Waals surface area contributed by atoms with Gasteiger partial charge >= 0.3 is 0 Å². The third-order valence-corrected chi connectivity index (χ3v) is 7.47. The summed E-state index contributed by atoms with van der Waals surface area (Å²) < 4.78 is 2.36. The molecule has 1 N–H and O–H groups in total. The highest BCUT2D eigenvalue weighted by Gasteiger charge is 2.23. The Hall–Kier alpha value is -4.64. The van der Waals surface area contributed by atoms with Gasteiger partial charge < -0.3 is 15.1 Å². The molecule has 0 amide bonds. The Morgan fingerprint density at radius 2 is 1.36 bits per heavy atom. The Kier molecular flexibility index (Phi) is 6.49. The Bertz CT molecular complexity index is 1770. The summed E-state index contributed by atoms with van der Waals surface area (Å²) in [6.07, 6.45) is 0. The van der Waals surface area contributed by atoms with Gasteiger partial charge in [0.15, 0.2) is 0 Å². The first-order valence-corrected chi connectivity index (χ1v) is 13.6. The number of fused-ring (bicyclic) bond motifs is 4. The molecule has 5 nitrogen and oxygen atoms in total. The number of benzene rings is 5. The highest BCUT2D eigenvalue weighted by Crippen LogP contribution is 2.34. The van der Waals surface area contributed by atoms with Gasteiger partial charge in [0.05, 0.1) is 5.69 Å². The molecule has 0 radical (unpaired) electrons. The molecule has 0 aliphatic carbocycles. The molecule has 39 heavy (non-hydrogen) atoms. The maximum atomic E-state index is 5.25. The number of anilines is 4. The van der Waals surface area contributed by atoms with Crippen molar-refractivity contribution in [2.24, 2.45) is 0 Å². The van der Waals surface area contributed by atoms with Crippen molar-refractivity contribution in [1.29, 1.82) is 0 Å². The SMILES string of the molecule is CCN(CC)c1ccc2nc3c4ccccc4c(Nc4ccc(N(C)C)cc4)cc3[n+](-c3ccccc3)c2c1. The zero-order valence-corrected chi connectivity index (χ0v) is 23.0. The van der Waals surface area contributed by atoms with Gasteiger partial charge in [-0.3, -0.25) is 0 Å². The van der Waals surface area contributed by atoms with E-state index in [0.29, 0.717) is 0 Å². The van der Waals surface area contributed by atoms with Crippen LogP contribution >= 0.6 is 0 Å². The molecule has 1 heterocycles. The number of aromatic nitrogens is 2. The Morgan fingerprint density at radius 3 is 2.05 bits per heavy atom. The minimum absolute atomic E-state index is 0.958. The minimum atomic E-state index is 0.958. The average Bonchev–Trinajstić information content (AvgIpc) is 2.97. The van der Waals surface area contributed by atoms with Crippen LogP contribution in [0, 0.1) is 0 Å². The Balaban J connectivity index is 1.65. The topological polar surface area (TPSA) is 35.3 Å². The van der Waals surface area contributed by atoms with E-state index in [1.54, 1.807) is 0 Å². The van der Waals surface area contributed by atoms with Gasteiger partial charge in [-0.1, -0.05) is 42.5 Å². The van der Waals surface area contributed by atoms with Crippen molar-refractivity contribution in [2.45, 2.75) is 13.8 Å². The van der Waals surface area contributed by atoms with Crippen molar-refractivity contribution in [1.82, 2.24) is 4.98 Å². The summed E-state index contributed by atoms with van der Waals surface area (Å²) in [6, 6.07) is 36.6. The van der Waals surface area contributed by atoms with Crippen LogP contribution in [0.2, 0.25) is 0 Å². The molecule has 5 heteroatoms. The van der Waals surface area contributed by atoms with Crippen molar-refractivity contribution in [3.8, 4) is 5.69 Å². The lowest BCUT2D eigenvalue weighted by atomic mass is 10.0. The van der Waals surface area contributed by atoms with Crippen LogP contribution in [0.15, 0.2) is 103 Å². The van der Waals surface area contributed by atoms with Crippen molar-refractivity contribution in [2.75, 3.05) is 42.3 Å². The van der Waals surface area contributed by atoms with Crippen molar-refractivity contribution in [3.63, 3.8) is 0 Å². The molecule has 1 aromatic heterocycles. The minimum Gasteiger partial charge on any atom is -0.378 e. The number of para-hydroxylation sites is 1. The Labute approximate surface area is 229 Å². The van der Waals surface area contributed by atoms with Crippen molar-refractivity contribution < 1.29 is 4.57 Å². The molecule has 0 aliphatic heterocycles. The molecule has 194 valence electrons. The molecule has 0 atom stereocenters. The van der Waals surface area contributed by atoms with E-state index in [9.17, 15) is 0 Å². The predicted octanol–water partition coefficient (Wildman–Crippen LogP) is 7.47. The number of rotatable bonds is 7. The first-order valence-electron chi connectivity index (χ1n) is 13.6. The van der Waals surface area contributed by atoms with Crippen molar-refractivity contribution in [3.05, 3.63) is 103 Å². The normalized spacial score (nSPS) is 11.3. The summed E-state index contributed by atoms with van der Waals surface area (Å²) in [5.41, 5.74) is 9.73. The molecule has 0 saturated heterocycles. The van der Waals surface area contributed by atoms with E-state index >= 15 is 0 Å². The number of hydrogen-bond donors (Lipinski definition) is 1. The van der Waals surface area contributed by atoms with Gasteiger partial charge in [0.25, 0.3) is 0 Å². The molecule has 5 aromatic carbocycles. The van der Waals surface area contributed by atoms with Gasteiger partial charge in [-0.05, 0) is 50.2 Å². The summed E-state index contributed by atoms with van der Waals surface area (Å²) in [5.74, 6) is 0. The highest BCUT2D eigenvalue weighted by molar-refractivity contribution is 6.11. The maximum absolute atomic E-state index is 5.25. The van der Waals surface area contributed by atoms with Gasteiger partial charge in [0.2, 0.25) is 16.7 Å². The zero-order chi connectivity index (χ0) is 26.9. The lowest BCUT2D eigenvalue weighted by molar-refractivity contribution is -0.538. The third kappa shape index (κ3) is 4.50. The Morgan fingerprint density at radius 1 is 0.692 bits per heavy atom. The molecule has 0 unspecified atom stereocenters. The van der Waals surface area contributed by atoms with Crippen LogP contribution in [-0.2, 0) is 0 Å². The van der Waals surface area contributed by atoms with Crippen LogP contribution in [0.4, 0.5) is 22.7 Å². The molecular weight excluding hydrogens is 478 g/mol. The van der Waals surface area contributed by atoms with E-state index in [2.05, 4.69) is 151 Å². The van der Waals surface area contributed by atoms with Gasteiger partial charge in [-0.15, -0.1) is 4.57 Å². The molecule has 0 fully saturated rings. The lowest BCUT2D eigenvalue weighted by Gasteiger charge is -2.21. The third-order valence-electron chi connectivity index (χ3n) is 7.47. The lowest BCUT2D eigenvalue weighted by Crippen LogP contribution is -2.33. The van der Waals surface area contributed by atoms with E-state index in [1.165, 1.54) is 11.4 Å². The van der Waals surface area contributed by atoms with Crippen LogP contribution < -0.4 is 19.7 Å². The number of nitrogens with one attached hydrogen (secondary N) is 1. The molecule has 6 rings (SSSR count). The van der Waals surface area contributed by atoms with Crippen LogP contribution in [0.25, 0.3) is 38.5 Å². The van der Waals surface area contributed by atoms with E-state index in [1.807, 2.05) is 0 Å². The van der Waals surface area contributed by atoms with Gasteiger partial charge in [-0.2, -0.15) is 0 Å².